The first-order valence-electron chi connectivity index (χ1n) is 6.00. The highest BCUT2D eigenvalue weighted by atomic mass is 16.5. The molecule has 15 heavy (non-hydrogen) atoms. The van der Waals surface area contributed by atoms with Crippen LogP contribution < -0.4 is 5.73 Å². The lowest BCUT2D eigenvalue weighted by Gasteiger charge is -2.42. The van der Waals surface area contributed by atoms with Crippen LogP contribution in [0.25, 0.3) is 0 Å². The fraction of sp³-hybridized carbons (Fsp3) is 1.00. The zero-order valence-corrected chi connectivity index (χ0v) is 10.6. The van der Waals surface area contributed by atoms with Crippen molar-refractivity contribution in [1.82, 2.24) is 4.90 Å². The molecule has 0 radical (unpaired) electrons. The summed E-state index contributed by atoms with van der Waals surface area (Å²) < 4.78 is 5.48. The molecule has 0 spiro atoms. The molecule has 1 fully saturated rings. The second kappa shape index (κ2) is 5.28. The Kier molecular flexibility index (Phi) is 4.56. The molecular formula is C12H26N2O. The molecule has 0 aromatic heterocycles. The van der Waals surface area contributed by atoms with E-state index in [1.807, 2.05) is 0 Å². The van der Waals surface area contributed by atoms with Gasteiger partial charge in [-0.2, -0.15) is 0 Å². The van der Waals surface area contributed by atoms with E-state index in [4.69, 9.17) is 10.5 Å². The molecule has 0 saturated carbocycles. The molecule has 1 aliphatic rings. The van der Waals surface area contributed by atoms with Crippen LogP contribution in [0.5, 0.6) is 0 Å². The van der Waals surface area contributed by atoms with Crippen LogP contribution in [0.15, 0.2) is 0 Å². The highest BCUT2D eigenvalue weighted by Crippen LogP contribution is 2.27. The number of hydrogen-bond acceptors (Lipinski definition) is 3. The fourth-order valence-corrected chi connectivity index (χ4v) is 2.71. The van der Waals surface area contributed by atoms with Crippen LogP contribution >= 0.6 is 0 Å². The zero-order chi connectivity index (χ0) is 11.5. The van der Waals surface area contributed by atoms with Gasteiger partial charge >= 0.3 is 0 Å². The van der Waals surface area contributed by atoms with Gasteiger partial charge in [-0.3, -0.25) is 4.90 Å². The van der Waals surface area contributed by atoms with Crippen molar-refractivity contribution in [2.24, 2.45) is 11.1 Å². The Hall–Kier alpha value is -0.120. The molecule has 0 aliphatic carbocycles. The molecule has 2 unspecified atom stereocenters. The van der Waals surface area contributed by atoms with E-state index in [0.29, 0.717) is 6.04 Å². The first kappa shape index (κ1) is 12.9. The zero-order valence-electron chi connectivity index (χ0n) is 10.6. The van der Waals surface area contributed by atoms with Gasteiger partial charge in [-0.25, -0.2) is 0 Å². The van der Waals surface area contributed by atoms with Gasteiger partial charge < -0.3 is 10.5 Å². The quantitative estimate of drug-likeness (QED) is 0.756. The molecule has 1 heterocycles. The molecule has 0 amide bonds. The summed E-state index contributed by atoms with van der Waals surface area (Å²) >= 11 is 0. The standard InChI is InChI=1S/C12H26N2O/c1-10(13)11(12(2,3)4)14-6-5-8-15-9-7-14/h10-11H,5-9,13H2,1-4H3. The summed E-state index contributed by atoms with van der Waals surface area (Å²) in [5.74, 6) is 0. The monoisotopic (exact) mass is 214 g/mol. The molecule has 0 bridgehead atoms. The van der Waals surface area contributed by atoms with Crippen molar-refractivity contribution in [2.75, 3.05) is 26.3 Å². The molecule has 2 atom stereocenters. The maximum Gasteiger partial charge on any atom is 0.0593 e. The van der Waals surface area contributed by atoms with E-state index in [-0.39, 0.29) is 11.5 Å². The van der Waals surface area contributed by atoms with Crippen molar-refractivity contribution in [3.63, 3.8) is 0 Å². The lowest BCUT2D eigenvalue weighted by atomic mass is 9.81. The second-order valence-corrected chi connectivity index (χ2v) is 5.67. The largest absolute Gasteiger partial charge is 0.380 e. The number of nitrogens with zero attached hydrogens (tertiary/aromatic N) is 1. The molecule has 2 N–H and O–H groups in total. The minimum absolute atomic E-state index is 0.211. The lowest BCUT2D eigenvalue weighted by Crippen LogP contribution is -2.54. The number of hydrogen-bond donors (Lipinski definition) is 1. The average molecular weight is 214 g/mol. The molecule has 1 rings (SSSR count). The average Bonchev–Trinajstić information content (AvgIpc) is 2.29. The normalized spacial score (nSPS) is 24.6. The van der Waals surface area contributed by atoms with Gasteiger partial charge in [-0.15, -0.1) is 0 Å². The van der Waals surface area contributed by atoms with Crippen LogP contribution in [0, 0.1) is 5.41 Å². The van der Waals surface area contributed by atoms with E-state index in [1.165, 1.54) is 0 Å². The van der Waals surface area contributed by atoms with Crippen LogP contribution in [-0.4, -0.2) is 43.3 Å². The van der Waals surface area contributed by atoms with Crippen molar-refractivity contribution >= 4 is 0 Å². The smallest absolute Gasteiger partial charge is 0.0593 e. The molecule has 1 aliphatic heterocycles. The molecule has 3 nitrogen and oxygen atoms in total. The number of rotatable bonds is 2. The van der Waals surface area contributed by atoms with Crippen LogP contribution in [0.2, 0.25) is 0 Å². The summed E-state index contributed by atoms with van der Waals surface area (Å²) in [5.41, 5.74) is 6.36. The van der Waals surface area contributed by atoms with Gasteiger partial charge in [0.25, 0.3) is 0 Å². The van der Waals surface area contributed by atoms with Gasteiger partial charge in [0.2, 0.25) is 0 Å². The second-order valence-electron chi connectivity index (χ2n) is 5.67. The van der Waals surface area contributed by atoms with E-state index >= 15 is 0 Å². The Bertz CT molecular complexity index is 179. The predicted octanol–water partition coefficient (Wildman–Crippen LogP) is 1.47. The third kappa shape index (κ3) is 3.74. The van der Waals surface area contributed by atoms with Crippen LogP contribution in [0.1, 0.15) is 34.1 Å². The van der Waals surface area contributed by atoms with E-state index in [0.717, 1.165) is 32.7 Å². The van der Waals surface area contributed by atoms with E-state index in [2.05, 4.69) is 32.6 Å². The maximum absolute atomic E-state index is 6.12. The highest BCUT2D eigenvalue weighted by Gasteiger charge is 2.33. The van der Waals surface area contributed by atoms with Crippen LogP contribution in [-0.2, 0) is 4.74 Å². The Morgan fingerprint density at radius 3 is 2.40 bits per heavy atom. The third-order valence-electron chi connectivity index (χ3n) is 3.04. The Labute approximate surface area is 94.0 Å². The minimum Gasteiger partial charge on any atom is -0.380 e. The van der Waals surface area contributed by atoms with Crippen LogP contribution in [0.4, 0.5) is 0 Å². The molecule has 0 aromatic rings. The lowest BCUT2D eigenvalue weighted by molar-refractivity contribution is 0.0743. The van der Waals surface area contributed by atoms with Crippen molar-refractivity contribution in [3.05, 3.63) is 0 Å². The number of nitrogens with two attached hydrogens (primary N) is 1. The van der Waals surface area contributed by atoms with Gasteiger partial charge in [0.15, 0.2) is 0 Å². The summed E-state index contributed by atoms with van der Waals surface area (Å²) in [6, 6.07) is 0.655. The maximum atomic E-state index is 6.12. The molecule has 0 aromatic carbocycles. The van der Waals surface area contributed by atoms with E-state index in [9.17, 15) is 0 Å². The summed E-state index contributed by atoms with van der Waals surface area (Å²) in [4.78, 5) is 2.50. The fourth-order valence-electron chi connectivity index (χ4n) is 2.71. The molecule has 1 saturated heterocycles. The van der Waals surface area contributed by atoms with Gasteiger partial charge in [0, 0.05) is 31.8 Å². The van der Waals surface area contributed by atoms with Crippen molar-refractivity contribution in [2.45, 2.75) is 46.2 Å². The summed E-state index contributed by atoms with van der Waals surface area (Å²) in [5, 5.41) is 0. The van der Waals surface area contributed by atoms with Gasteiger partial charge in [-0.05, 0) is 18.8 Å². The van der Waals surface area contributed by atoms with E-state index in [1.54, 1.807) is 0 Å². The Morgan fingerprint density at radius 1 is 1.20 bits per heavy atom. The van der Waals surface area contributed by atoms with Crippen molar-refractivity contribution in [3.8, 4) is 0 Å². The van der Waals surface area contributed by atoms with Gasteiger partial charge in [0.05, 0.1) is 6.61 Å². The first-order valence-corrected chi connectivity index (χ1v) is 6.00. The SMILES string of the molecule is CC(N)C(N1CCCOCC1)C(C)(C)C. The molecular weight excluding hydrogens is 188 g/mol. The van der Waals surface area contributed by atoms with Crippen molar-refractivity contribution in [1.29, 1.82) is 0 Å². The van der Waals surface area contributed by atoms with Gasteiger partial charge in [-0.1, -0.05) is 20.8 Å². The topological polar surface area (TPSA) is 38.5 Å². The minimum atomic E-state index is 0.211. The van der Waals surface area contributed by atoms with Crippen LogP contribution in [0.3, 0.4) is 0 Å². The highest BCUT2D eigenvalue weighted by molar-refractivity contribution is 4.89. The molecule has 3 heteroatoms. The molecule has 90 valence electrons. The summed E-state index contributed by atoms with van der Waals surface area (Å²) in [6.07, 6.45) is 1.12. The third-order valence-corrected chi connectivity index (χ3v) is 3.04. The first-order chi connectivity index (χ1) is 6.93. The summed E-state index contributed by atoms with van der Waals surface area (Å²) in [6.45, 7) is 12.8. The van der Waals surface area contributed by atoms with Crippen molar-refractivity contribution < 1.29 is 4.74 Å². The van der Waals surface area contributed by atoms with E-state index < -0.39 is 0 Å². The van der Waals surface area contributed by atoms with Gasteiger partial charge in [0.1, 0.15) is 0 Å². The Morgan fingerprint density at radius 2 is 1.87 bits per heavy atom. The summed E-state index contributed by atoms with van der Waals surface area (Å²) in [7, 11) is 0. The predicted molar refractivity (Wildman–Crippen MR) is 63.9 cm³/mol. The number of ether oxygens (including phenoxy) is 1. The Balaban J connectivity index is 2.69.